The van der Waals surface area contributed by atoms with E-state index < -0.39 is 0 Å². The number of aryl methyl sites for hydroxylation is 1. The van der Waals surface area contributed by atoms with Crippen molar-refractivity contribution in [3.8, 4) is 0 Å². The van der Waals surface area contributed by atoms with Crippen LogP contribution in [0.25, 0.3) is 0 Å². The molecule has 26 heavy (non-hydrogen) atoms. The molecule has 0 amide bonds. The fourth-order valence-corrected chi connectivity index (χ4v) is 4.56. The molecule has 0 radical (unpaired) electrons. The van der Waals surface area contributed by atoms with Gasteiger partial charge in [-0.2, -0.15) is 0 Å². The third kappa shape index (κ3) is 3.98. The van der Waals surface area contributed by atoms with E-state index in [0.717, 1.165) is 31.7 Å². The van der Waals surface area contributed by atoms with Gasteiger partial charge in [0.2, 0.25) is 0 Å². The van der Waals surface area contributed by atoms with Crippen LogP contribution in [0.1, 0.15) is 35.4 Å². The normalized spacial score (nSPS) is 24.8. The van der Waals surface area contributed by atoms with Crippen LogP contribution in [0, 0.1) is 18.7 Å². The van der Waals surface area contributed by atoms with Crippen molar-refractivity contribution < 1.29 is 4.39 Å². The third-order valence-corrected chi connectivity index (χ3v) is 5.93. The zero-order valence-electron chi connectivity index (χ0n) is 15.4. The minimum absolute atomic E-state index is 0.138. The number of piperidine rings is 1. The molecule has 0 aliphatic carbocycles. The summed E-state index contributed by atoms with van der Waals surface area (Å²) < 4.78 is 13.6. The second-order valence-electron chi connectivity index (χ2n) is 7.82. The zero-order chi connectivity index (χ0) is 17.9. The van der Waals surface area contributed by atoms with Gasteiger partial charge in [0, 0.05) is 25.0 Å². The lowest BCUT2D eigenvalue weighted by molar-refractivity contribution is 0.152. The summed E-state index contributed by atoms with van der Waals surface area (Å²) in [6.07, 6.45) is 2.38. The van der Waals surface area contributed by atoms with Crippen LogP contribution >= 0.6 is 0 Å². The minimum atomic E-state index is -0.138. The molecule has 4 rings (SSSR count). The molecule has 4 heteroatoms. The van der Waals surface area contributed by atoms with E-state index in [1.54, 1.807) is 6.07 Å². The van der Waals surface area contributed by atoms with Gasteiger partial charge in [0.05, 0.1) is 0 Å². The Morgan fingerprint density at radius 2 is 1.88 bits per heavy atom. The van der Waals surface area contributed by atoms with Crippen molar-refractivity contribution >= 4 is 0 Å². The van der Waals surface area contributed by atoms with E-state index in [1.807, 2.05) is 6.07 Å². The largest absolute Gasteiger partial charge is 0.299 e. The van der Waals surface area contributed by atoms with Gasteiger partial charge in [0.15, 0.2) is 0 Å². The predicted octanol–water partition coefficient (Wildman–Crippen LogP) is 3.61. The maximum atomic E-state index is 13.6. The van der Waals surface area contributed by atoms with E-state index in [4.69, 9.17) is 0 Å². The number of rotatable bonds is 4. The van der Waals surface area contributed by atoms with Gasteiger partial charge in [0.1, 0.15) is 5.82 Å². The first kappa shape index (κ1) is 17.7. The maximum Gasteiger partial charge on any atom is 0.123 e. The summed E-state index contributed by atoms with van der Waals surface area (Å²) in [6.45, 7) is 6.33. The Kier molecular flexibility index (Phi) is 5.34. The molecular weight excluding hydrogens is 325 g/mol. The molecule has 0 aromatic heterocycles. The molecule has 138 valence electrons. The quantitative estimate of drug-likeness (QED) is 0.879. The van der Waals surface area contributed by atoms with E-state index >= 15 is 0 Å². The molecule has 2 fully saturated rings. The molecule has 2 aliphatic heterocycles. The van der Waals surface area contributed by atoms with Crippen molar-refractivity contribution in [2.24, 2.45) is 5.92 Å². The van der Waals surface area contributed by atoms with Crippen LogP contribution in [-0.4, -0.2) is 30.6 Å². The molecule has 2 heterocycles. The van der Waals surface area contributed by atoms with Gasteiger partial charge in [-0.05, 0) is 62.0 Å². The Morgan fingerprint density at radius 1 is 1.08 bits per heavy atom. The van der Waals surface area contributed by atoms with Gasteiger partial charge in [-0.3, -0.25) is 15.8 Å². The van der Waals surface area contributed by atoms with Gasteiger partial charge >= 0.3 is 0 Å². The summed E-state index contributed by atoms with van der Waals surface area (Å²) in [4.78, 5) is 2.56. The van der Waals surface area contributed by atoms with E-state index in [-0.39, 0.29) is 5.82 Å². The lowest BCUT2D eigenvalue weighted by Gasteiger charge is -2.36. The smallest absolute Gasteiger partial charge is 0.123 e. The summed E-state index contributed by atoms with van der Waals surface area (Å²) >= 11 is 0. The molecule has 2 atom stereocenters. The molecule has 2 aliphatic rings. The number of halogens is 1. The van der Waals surface area contributed by atoms with Crippen LogP contribution in [0.5, 0.6) is 0 Å². The van der Waals surface area contributed by atoms with Crippen LogP contribution in [0.2, 0.25) is 0 Å². The molecular formula is C22H28FN3. The predicted molar refractivity (Wildman–Crippen MR) is 103 cm³/mol. The summed E-state index contributed by atoms with van der Waals surface area (Å²) in [6, 6.07) is 16.3. The standard InChI is InChI=1S/C22H28FN3/c1-16-4-2-5-17(12-16)15-26-10-8-18(9-11-26)22-21(14-24-25-22)19-6-3-7-20(23)13-19/h2-7,12-13,18,21-22,24-25H,8-11,14-15H2,1H3. The molecule has 0 saturated carbocycles. The lowest BCUT2D eigenvalue weighted by Crippen LogP contribution is -2.44. The lowest BCUT2D eigenvalue weighted by atomic mass is 9.80. The molecule has 2 unspecified atom stereocenters. The monoisotopic (exact) mass is 353 g/mol. The Morgan fingerprint density at radius 3 is 2.65 bits per heavy atom. The molecule has 0 spiro atoms. The van der Waals surface area contributed by atoms with Gasteiger partial charge < -0.3 is 0 Å². The van der Waals surface area contributed by atoms with Gasteiger partial charge in [-0.15, -0.1) is 0 Å². The van der Waals surface area contributed by atoms with Crippen LogP contribution in [0.3, 0.4) is 0 Å². The van der Waals surface area contributed by atoms with E-state index in [2.05, 4.69) is 53.0 Å². The second-order valence-corrected chi connectivity index (χ2v) is 7.82. The minimum Gasteiger partial charge on any atom is -0.299 e. The SMILES string of the molecule is Cc1cccc(CN2CCC(C3NNCC3c3cccc(F)c3)CC2)c1. The first-order chi connectivity index (χ1) is 12.7. The Bertz CT molecular complexity index is 740. The Balaban J connectivity index is 1.36. The van der Waals surface area contributed by atoms with Crippen molar-refractivity contribution in [1.82, 2.24) is 15.8 Å². The highest BCUT2D eigenvalue weighted by Gasteiger charge is 2.36. The maximum absolute atomic E-state index is 13.6. The Hall–Kier alpha value is -1.75. The van der Waals surface area contributed by atoms with Crippen molar-refractivity contribution in [2.75, 3.05) is 19.6 Å². The van der Waals surface area contributed by atoms with Gasteiger partial charge in [-0.25, -0.2) is 4.39 Å². The van der Waals surface area contributed by atoms with Crippen LogP contribution in [0.15, 0.2) is 48.5 Å². The fourth-order valence-electron chi connectivity index (χ4n) is 4.56. The number of nitrogens with zero attached hydrogens (tertiary/aromatic N) is 1. The summed E-state index contributed by atoms with van der Waals surface area (Å²) in [5.74, 6) is 0.840. The first-order valence-corrected chi connectivity index (χ1v) is 9.71. The fraction of sp³-hybridized carbons (Fsp3) is 0.455. The number of hydrazine groups is 1. The van der Waals surface area contributed by atoms with Crippen molar-refractivity contribution in [2.45, 2.75) is 38.3 Å². The summed E-state index contributed by atoms with van der Waals surface area (Å²) in [5, 5.41) is 0. The average Bonchev–Trinajstić information content (AvgIpc) is 3.12. The van der Waals surface area contributed by atoms with Crippen molar-refractivity contribution in [1.29, 1.82) is 0 Å². The molecule has 2 N–H and O–H groups in total. The molecule has 0 bridgehead atoms. The summed E-state index contributed by atoms with van der Waals surface area (Å²) in [5.41, 5.74) is 10.6. The van der Waals surface area contributed by atoms with E-state index in [1.165, 1.54) is 30.0 Å². The highest BCUT2D eigenvalue weighted by atomic mass is 19.1. The molecule has 2 aromatic rings. The first-order valence-electron chi connectivity index (χ1n) is 9.71. The van der Waals surface area contributed by atoms with Crippen molar-refractivity contribution in [3.63, 3.8) is 0 Å². The molecule has 2 aromatic carbocycles. The number of benzene rings is 2. The number of hydrogen-bond acceptors (Lipinski definition) is 3. The second kappa shape index (κ2) is 7.87. The topological polar surface area (TPSA) is 27.3 Å². The third-order valence-electron chi connectivity index (χ3n) is 5.93. The summed E-state index contributed by atoms with van der Waals surface area (Å²) in [7, 11) is 0. The zero-order valence-corrected chi connectivity index (χ0v) is 15.4. The van der Waals surface area contributed by atoms with Crippen molar-refractivity contribution in [3.05, 3.63) is 71.0 Å². The van der Waals surface area contributed by atoms with E-state index in [9.17, 15) is 4.39 Å². The average molecular weight is 353 g/mol. The van der Waals surface area contributed by atoms with Crippen LogP contribution in [-0.2, 0) is 6.54 Å². The number of likely N-dealkylation sites (tertiary alicyclic amines) is 1. The molecule has 2 saturated heterocycles. The molecule has 3 nitrogen and oxygen atoms in total. The van der Waals surface area contributed by atoms with Crippen LogP contribution in [0.4, 0.5) is 4.39 Å². The van der Waals surface area contributed by atoms with Gasteiger partial charge in [-0.1, -0.05) is 42.0 Å². The highest BCUT2D eigenvalue weighted by Crippen LogP contribution is 2.32. The van der Waals surface area contributed by atoms with Crippen LogP contribution < -0.4 is 10.9 Å². The van der Waals surface area contributed by atoms with Gasteiger partial charge in [0.25, 0.3) is 0 Å². The number of nitrogens with one attached hydrogen (secondary N) is 2. The highest BCUT2D eigenvalue weighted by molar-refractivity contribution is 5.25. The van der Waals surface area contributed by atoms with E-state index in [0.29, 0.717) is 17.9 Å². The number of hydrogen-bond donors (Lipinski definition) is 2. The Labute approximate surface area is 155 Å².